The van der Waals surface area contributed by atoms with Crippen LogP contribution in [0.1, 0.15) is 64.4 Å². The van der Waals surface area contributed by atoms with Crippen LogP contribution in [-0.4, -0.2) is 66.1 Å². The Kier molecular flexibility index (Phi) is 15.9. The normalized spacial score (nSPS) is 14.3. The van der Waals surface area contributed by atoms with Gasteiger partial charge in [-0.05, 0) is 75.9 Å². The SMILES string of the molecule is CC(C)CC(NC(=O)C(CCCCN)NC(=O)C(CCCCN)NC(=O)C(N)Cc1ccccc1)C(=O)O. The van der Waals surface area contributed by atoms with Crippen molar-refractivity contribution in [1.82, 2.24) is 16.0 Å². The number of rotatable bonds is 19. The first-order valence-electron chi connectivity index (χ1n) is 13.4. The standard InChI is InChI=1S/C27H46N6O5/c1-18(2)16-23(27(37)38)33-26(36)22(13-7-9-15-29)32-25(35)21(12-6-8-14-28)31-24(34)20(30)17-19-10-4-3-5-11-19/h3-5,10-11,18,20-23H,6-9,12-17,28-30H2,1-2H3,(H,31,34)(H,32,35)(H,33,36)(H,37,38). The van der Waals surface area contributed by atoms with E-state index in [9.17, 15) is 24.3 Å². The maximum Gasteiger partial charge on any atom is 0.326 e. The van der Waals surface area contributed by atoms with Crippen molar-refractivity contribution in [2.45, 2.75) is 89.4 Å². The smallest absolute Gasteiger partial charge is 0.326 e. The summed E-state index contributed by atoms with van der Waals surface area (Å²) in [6.45, 7) is 4.58. The number of nitrogens with one attached hydrogen (secondary N) is 3. The fraction of sp³-hybridized carbons (Fsp3) is 0.630. The molecule has 0 radical (unpaired) electrons. The van der Waals surface area contributed by atoms with Gasteiger partial charge in [-0.1, -0.05) is 44.2 Å². The molecule has 38 heavy (non-hydrogen) atoms. The summed E-state index contributed by atoms with van der Waals surface area (Å²) in [5.41, 5.74) is 18.2. The molecule has 11 heteroatoms. The minimum Gasteiger partial charge on any atom is -0.480 e. The van der Waals surface area contributed by atoms with Crippen LogP contribution in [0.3, 0.4) is 0 Å². The number of carbonyl (C=O) groups excluding carboxylic acids is 3. The van der Waals surface area contributed by atoms with Crippen LogP contribution < -0.4 is 33.2 Å². The van der Waals surface area contributed by atoms with Crippen molar-refractivity contribution in [2.24, 2.45) is 23.1 Å². The molecule has 3 amide bonds. The Hall–Kier alpha value is -3.02. The fourth-order valence-electron chi connectivity index (χ4n) is 4.00. The summed E-state index contributed by atoms with van der Waals surface area (Å²) >= 11 is 0. The molecule has 0 saturated carbocycles. The van der Waals surface area contributed by atoms with Crippen LogP contribution in [0.5, 0.6) is 0 Å². The van der Waals surface area contributed by atoms with Gasteiger partial charge < -0.3 is 38.3 Å². The molecular weight excluding hydrogens is 488 g/mol. The van der Waals surface area contributed by atoms with E-state index in [0.29, 0.717) is 51.6 Å². The van der Waals surface area contributed by atoms with E-state index in [1.54, 1.807) is 0 Å². The van der Waals surface area contributed by atoms with Crippen LogP contribution in [0, 0.1) is 5.92 Å². The molecule has 0 aromatic heterocycles. The van der Waals surface area contributed by atoms with E-state index in [2.05, 4.69) is 16.0 Å². The van der Waals surface area contributed by atoms with Gasteiger partial charge in [0.05, 0.1) is 6.04 Å². The number of hydrogen-bond donors (Lipinski definition) is 7. The van der Waals surface area contributed by atoms with Gasteiger partial charge in [0.25, 0.3) is 0 Å². The molecule has 0 spiro atoms. The van der Waals surface area contributed by atoms with Gasteiger partial charge in [0.1, 0.15) is 18.1 Å². The van der Waals surface area contributed by atoms with Crippen LogP contribution in [-0.2, 0) is 25.6 Å². The third kappa shape index (κ3) is 13.0. The minimum absolute atomic E-state index is 0.0453. The Morgan fingerprint density at radius 3 is 1.68 bits per heavy atom. The molecule has 4 unspecified atom stereocenters. The summed E-state index contributed by atoms with van der Waals surface area (Å²) in [5.74, 6) is -2.70. The monoisotopic (exact) mass is 534 g/mol. The molecule has 0 heterocycles. The molecular formula is C27H46N6O5. The van der Waals surface area contributed by atoms with E-state index >= 15 is 0 Å². The molecule has 11 nitrogen and oxygen atoms in total. The van der Waals surface area contributed by atoms with E-state index in [1.807, 2.05) is 44.2 Å². The predicted octanol–water partition coefficient (Wildman–Crippen LogP) is 0.400. The average Bonchev–Trinajstić information content (AvgIpc) is 2.87. The van der Waals surface area contributed by atoms with Crippen LogP contribution in [0.25, 0.3) is 0 Å². The van der Waals surface area contributed by atoms with Gasteiger partial charge in [-0.3, -0.25) is 14.4 Å². The molecule has 0 saturated heterocycles. The lowest BCUT2D eigenvalue weighted by Gasteiger charge is -2.25. The Morgan fingerprint density at radius 1 is 0.763 bits per heavy atom. The first-order chi connectivity index (χ1) is 18.1. The molecule has 4 atom stereocenters. The highest BCUT2D eigenvalue weighted by molar-refractivity contribution is 5.94. The van der Waals surface area contributed by atoms with Crippen LogP contribution in [0.2, 0.25) is 0 Å². The number of amides is 3. The lowest BCUT2D eigenvalue weighted by Crippen LogP contribution is -2.57. The maximum atomic E-state index is 13.3. The lowest BCUT2D eigenvalue weighted by atomic mass is 10.0. The number of hydrogen-bond acceptors (Lipinski definition) is 7. The Labute approximate surface area is 225 Å². The summed E-state index contributed by atoms with van der Waals surface area (Å²) in [7, 11) is 0. The zero-order valence-electron chi connectivity index (χ0n) is 22.7. The van der Waals surface area contributed by atoms with Gasteiger partial charge in [-0.15, -0.1) is 0 Å². The highest BCUT2D eigenvalue weighted by Crippen LogP contribution is 2.09. The molecule has 10 N–H and O–H groups in total. The van der Waals surface area contributed by atoms with E-state index in [4.69, 9.17) is 17.2 Å². The third-order valence-corrected chi connectivity index (χ3v) is 6.12. The largest absolute Gasteiger partial charge is 0.480 e. The summed E-state index contributed by atoms with van der Waals surface area (Å²) in [5, 5.41) is 17.5. The first kappa shape index (κ1) is 33.0. The van der Waals surface area contributed by atoms with Gasteiger partial charge in [-0.25, -0.2) is 4.79 Å². The van der Waals surface area contributed by atoms with Crippen LogP contribution in [0.4, 0.5) is 0 Å². The van der Waals surface area contributed by atoms with Gasteiger partial charge in [-0.2, -0.15) is 0 Å². The van der Waals surface area contributed by atoms with Crippen molar-refractivity contribution in [1.29, 1.82) is 0 Å². The molecule has 0 aliphatic heterocycles. The van der Waals surface area contributed by atoms with Gasteiger partial charge in [0.2, 0.25) is 17.7 Å². The third-order valence-electron chi connectivity index (χ3n) is 6.12. The number of carbonyl (C=O) groups is 4. The van der Waals surface area contributed by atoms with E-state index in [-0.39, 0.29) is 18.8 Å². The summed E-state index contributed by atoms with van der Waals surface area (Å²) < 4.78 is 0. The average molecular weight is 535 g/mol. The molecule has 214 valence electrons. The summed E-state index contributed by atoms with van der Waals surface area (Å²) in [4.78, 5) is 50.8. The Bertz CT molecular complexity index is 867. The van der Waals surface area contributed by atoms with Crippen molar-refractivity contribution >= 4 is 23.7 Å². The van der Waals surface area contributed by atoms with Crippen molar-refractivity contribution < 1.29 is 24.3 Å². The topological polar surface area (TPSA) is 203 Å². The van der Waals surface area contributed by atoms with Gasteiger partial charge >= 0.3 is 5.97 Å². The van der Waals surface area contributed by atoms with E-state index < -0.39 is 47.9 Å². The quantitative estimate of drug-likeness (QED) is 0.123. The first-order valence-corrected chi connectivity index (χ1v) is 13.4. The van der Waals surface area contributed by atoms with Crippen LogP contribution >= 0.6 is 0 Å². The number of unbranched alkanes of at least 4 members (excludes halogenated alkanes) is 2. The molecule has 0 fully saturated rings. The zero-order valence-corrected chi connectivity index (χ0v) is 22.7. The molecule has 1 aromatic carbocycles. The van der Waals surface area contributed by atoms with E-state index in [1.165, 1.54) is 0 Å². The second-order valence-corrected chi connectivity index (χ2v) is 10.0. The van der Waals surface area contributed by atoms with Crippen molar-refractivity contribution in [3.63, 3.8) is 0 Å². The predicted molar refractivity (Wildman–Crippen MR) is 147 cm³/mol. The molecule has 1 rings (SSSR count). The van der Waals surface area contributed by atoms with Crippen molar-refractivity contribution in [3.8, 4) is 0 Å². The highest BCUT2D eigenvalue weighted by atomic mass is 16.4. The molecule has 0 aliphatic carbocycles. The molecule has 1 aromatic rings. The number of aliphatic carboxylic acids is 1. The Morgan fingerprint density at radius 2 is 1.24 bits per heavy atom. The second-order valence-electron chi connectivity index (χ2n) is 10.0. The summed E-state index contributed by atoms with van der Waals surface area (Å²) in [6, 6.07) is 5.48. The number of carboxylic acids is 1. The van der Waals surface area contributed by atoms with Gasteiger partial charge in [0.15, 0.2) is 0 Å². The summed E-state index contributed by atoms with van der Waals surface area (Å²) in [6.07, 6.45) is 3.59. The Balaban J connectivity index is 2.97. The highest BCUT2D eigenvalue weighted by Gasteiger charge is 2.30. The number of benzene rings is 1. The van der Waals surface area contributed by atoms with Crippen LogP contribution in [0.15, 0.2) is 30.3 Å². The lowest BCUT2D eigenvalue weighted by molar-refractivity contribution is -0.142. The van der Waals surface area contributed by atoms with Crippen molar-refractivity contribution in [2.75, 3.05) is 13.1 Å². The molecule has 0 aliphatic rings. The van der Waals surface area contributed by atoms with E-state index in [0.717, 1.165) is 5.56 Å². The number of carboxylic acid groups (broad SMARTS) is 1. The van der Waals surface area contributed by atoms with Gasteiger partial charge in [0, 0.05) is 0 Å². The second kappa shape index (κ2) is 18.3. The van der Waals surface area contributed by atoms with Crippen molar-refractivity contribution in [3.05, 3.63) is 35.9 Å². The number of nitrogens with two attached hydrogens (primary N) is 3. The fourth-order valence-corrected chi connectivity index (χ4v) is 4.00. The molecule has 0 bridgehead atoms. The zero-order chi connectivity index (χ0) is 28.5. The maximum absolute atomic E-state index is 13.3. The minimum atomic E-state index is -1.14.